The maximum Gasteiger partial charge on any atom is 0.415 e. The molecule has 0 radical (unpaired) electrons. The Morgan fingerprint density at radius 3 is 2.22 bits per heavy atom. The molecule has 13 atom stereocenters. The number of ketones is 2. The first-order chi connectivity index (χ1) is 30.3. The largest absolute Gasteiger partial charge is 0.458 e. The molecule has 4 saturated heterocycles. The Bertz CT molecular complexity index is 2020. The van der Waals surface area contributed by atoms with Crippen LogP contribution < -0.4 is 9.80 Å². The number of amides is 1. The standard InChI is InChI=1S/C48H66FN3O12/c1-12-37-48(8)41(52(46(57)64-48)33-18-19-35(34(49)25-33)51-20-22-59-23-21-51)29(4)38(53)27(2)26-47(7,58-11)42(30(5)39(54)31(6)43(55)61-37)63-45-40(36(50(9)10)24-28(3)60-45)62-44(56)32-16-14-13-15-17-32/h13-19,25,27-31,36-37,40-42,45H,12,20-24,26H2,1-11H3/t27-,28-,29+,30+,31-,36+,37-,40-,41-,42-,45+,47-,48-/m1/s1. The summed E-state index contributed by atoms with van der Waals surface area (Å²) in [6.07, 6.45) is -5.01. The Morgan fingerprint density at radius 2 is 1.61 bits per heavy atom. The number of Topliss-reactive ketones (excluding diaryl/α,β-unsaturated/α-hetero) is 2. The third-order valence-corrected chi connectivity index (χ3v) is 13.9. The highest BCUT2D eigenvalue weighted by molar-refractivity contribution is 6.00. The normalized spacial score (nSPS) is 35.7. The summed E-state index contributed by atoms with van der Waals surface area (Å²) in [5.74, 6) is -6.99. The molecule has 15 nitrogen and oxygen atoms in total. The first-order valence-corrected chi connectivity index (χ1v) is 22.5. The van der Waals surface area contributed by atoms with Crippen LogP contribution in [0.2, 0.25) is 0 Å². The lowest BCUT2D eigenvalue weighted by Gasteiger charge is -2.47. The van der Waals surface area contributed by atoms with Crippen LogP contribution in [0.5, 0.6) is 0 Å². The van der Waals surface area contributed by atoms with E-state index in [1.54, 1.807) is 84.0 Å². The molecule has 0 bridgehead atoms. The second-order valence-electron chi connectivity index (χ2n) is 18.5. The van der Waals surface area contributed by atoms with Gasteiger partial charge in [0.1, 0.15) is 23.6 Å². The number of hydrogen-bond acceptors (Lipinski definition) is 14. The smallest absolute Gasteiger partial charge is 0.415 e. The number of nitrogens with zero attached hydrogens (tertiary/aromatic N) is 3. The van der Waals surface area contributed by atoms with Crippen LogP contribution in [0.1, 0.15) is 85.0 Å². The molecule has 4 aliphatic rings. The Hall–Kier alpha value is -4.48. The quantitative estimate of drug-likeness (QED) is 0.158. The first-order valence-electron chi connectivity index (χ1n) is 22.5. The molecule has 16 heteroatoms. The van der Waals surface area contributed by atoms with Crippen molar-refractivity contribution in [3.05, 3.63) is 59.9 Å². The highest BCUT2D eigenvalue weighted by Gasteiger charge is 2.61. The summed E-state index contributed by atoms with van der Waals surface area (Å²) in [4.78, 5) is 76.7. The third-order valence-electron chi connectivity index (χ3n) is 13.9. The van der Waals surface area contributed by atoms with Gasteiger partial charge in [-0.15, -0.1) is 0 Å². The van der Waals surface area contributed by atoms with Crippen molar-refractivity contribution in [2.75, 3.05) is 57.3 Å². The molecule has 1 amide bonds. The molecule has 4 heterocycles. The van der Waals surface area contributed by atoms with Crippen LogP contribution in [0.4, 0.5) is 20.6 Å². The van der Waals surface area contributed by atoms with Gasteiger partial charge in [-0.1, -0.05) is 45.9 Å². The Morgan fingerprint density at radius 1 is 0.938 bits per heavy atom. The van der Waals surface area contributed by atoms with E-state index in [0.29, 0.717) is 44.0 Å². The second-order valence-corrected chi connectivity index (χ2v) is 18.5. The number of halogens is 1. The molecular formula is C48H66FN3O12. The van der Waals surface area contributed by atoms with Crippen molar-refractivity contribution in [3.8, 4) is 0 Å². The van der Waals surface area contributed by atoms with Gasteiger partial charge in [0.25, 0.3) is 0 Å². The fraction of sp³-hybridized carbons (Fsp3) is 0.646. The number of rotatable bonds is 9. The number of anilines is 2. The summed E-state index contributed by atoms with van der Waals surface area (Å²) >= 11 is 0. The van der Waals surface area contributed by atoms with Crippen molar-refractivity contribution in [1.82, 2.24) is 4.90 Å². The van der Waals surface area contributed by atoms with Crippen LogP contribution in [0, 0.1) is 29.5 Å². The number of fused-ring (bicyclic) bond motifs is 1. The lowest BCUT2D eigenvalue weighted by atomic mass is 9.73. The van der Waals surface area contributed by atoms with Crippen LogP contribution in [0.25, 0.3) is 0 Å². The molecule has 2 aromatic rings. The SMILES string of the molecule is CC[C@H]1OC(=O)[C@H](C)C(=O)[C@H](C)[C@@H](O[C@@H]2O[C@H](C)C[C@H](N(C)C)[C@H]2OC(=O)c2ccccc2)[C@](C)(OC)C[C@@H](C)C(=O)[C@H](C)[C@H]2N(c3ccc(N4CCOCC4)c(F)c3)C(=O)O[C@]12C. The van der Waals surface area contributed by atoms with E-state index in [4.69, 9.17) is 33.2 Å². The summed E-state index contributed by atoms with van der Waals surface area (Å²) in [6.45, 7) is 15.4. The number of benzene rings is 2. The average molecular weight is 896 g/mol. The molecule has 352 valence electrons. The van der Waals surface area contributed by atoms with E-state index in [1.807, 2.05) is 30.8 Å². The molecule has 6 rings (SSSR count). The number of morpholine rings is 1. The molecule has 2 aromatic carbocycles. The Balaban J connectivity index is 1.40. The van der Waals surface area contributed by atoms with E-state index in [9.17, 15) is 24.0 Å². The topological polar surface area (TPSA) is 160 Å². The highest BCUT2D eigenvalue weighted by Crippen LogP contribution is 2.45. The lowest BCUT2D eigenvalue weighted by molar-refractivity contribution is -0.294. The van der Waals surface area contributed by atoms with Crippen molar-refractivity contribution in [1.29, 1.82) is 0 Å². The van der Waals surface area contributed by atoms with Gasteiger partial charge in [-0.2, -0.15) is 0 Å². The highest BCUT2D eigenvalue weighted by atomic mass is 19.1. The minimum atomic E-state index is -1.62. The molecule has 0 aliphatic carbocycles. The number of esters is 2. The fourth-order valence-corrected chi connectivity index (χ4v) is 10.2. The molecule has 0 unspecified atom stereocenters. The summed E-state index contributed by atoms with van der Waals surface area (Å²) in [6, 6.07) is 11.6. The number of carbonyl (C=O) groups excluding carboxylic acids is 5. The van der Waals surface area contributed by atoms with E-state index in [-0.39, 0.29) is 36.5 Å². The van der Waals surface area contributed by atoms with Gasteiger partial charge in [0.15, 0.2) is 23.8 Å². The second kappa shape index (κ2) is 19.9. The maximum atomic E-state index is 16.0. The van der Waals surface area contributed by atoms with Crippen molar-refractivity contribution in [2.45, 2.75) is 129 Å². The van der Waals surface area contributed by atoms with Crippen LogP contribution in [-0.4, -0.2) is 136 Å². The molecule has 0 spiro atoms. The zero-order chi connectivity index (χ0) is 46.8. The van der Waals surface area contributed by atoms with Crippen molar-refractivity contribution in [2.24, 2.45) is 23.7 Å². The molecule has 0 N–H and O–H groups in total. The summed E-state index contributed by atoms with van der Waals surface area (Å²) in [7, 11) is 5.19. The summed E-state index contributed by atoms with van der Waals surface area (Å²) in [5, 5.41) is 0. The monoisotopic (exact) mass is 895 g/mol. The van der Waals surface area contributed by atoms with E-state index >= 15 is 4.39 Å². The predicted octanol–water partition coefficient (Wildman–Crippen LogP) is 6.24. The lowest BCUT2D eigenvalue weighted by Crippen LogP contribution is -2.61. The first kappa shape index (κ1) is 49.0. The zero-order valence-electron chi connectivity index (χ0n) is 39.0. The van der Waals surface area contributed by atoms with E-state index in [1.165, 1.54) is 25.0 Å². The number of cyclic esters (lactones) is 1. The van der Waals surface area contributed by atoms with Crippen LogP contribution in [-0.2, 0) is 47.5 Å². The number of likely N-dealkylation sites (N-methyl/N-ethyl adjacent to an activating group) is 1. The fourth-order valence-electron chi connectivity index (χ4n) is 10.2. The number of hydrogen-bond donors (Lipinski definition) is 0. The van der Waals surface area contributed by atoms with Gasteiger partial charge < -0.3 is 43.0 Å². The molecule has 4 fully saturated rings. The molecule has 64 heavy (non-hydrogen) atoms. The van der Waals surface area contributed by atoms with Gasteiger partial charge in [-0.25, -0.2) is 14.0 Å². The van der Waals surface area contributed by atoms with Crippen LogP contribution in [0.15, 0.2) is 48.5 Å². The Kier molecular flexibility index (Phi) is 15.3. The van der Waals surface area contributed by atoms with Gasteiger partial charge in [-0.05, 0) is 91.4 Å². The number of ether oxygens (including phenoxy) is 7. The van der Waals surface area contributed by atoms with Crippen molar-refractivity contribution >= 4 is 41.0 Å². The molecule has 0 saturated carbocycles. The van der Waals surface area contributed by atoms with Gasteiger partial charge in [0.2, 0.25) is 0 Å². The van der Waals surface area contributed by atoms with Crippen molar-refractivity contribution in [3.63, 3.8) is 0 Å². The number of methoxy groups -OCH3 is 1. The van der Waals surface area contributed by atoms with Gasteiger partial charge >= 0.3 is 18.0 Å². The van der Waals surface area contributed by atoms with Crippen LogP contribution in [0.3, 0.4) is 0 Å². The van der Waals surface area contributed by atoms with E-state index in [0.717, 1.165) is 0 Å². The van der Waals surface area contributed by atoms with Gasteiger partial charge in [0.05, 0.1) is 60.0 Å². The maximum absolute atomic E-state index is 16.0. The minimum absolute atomic E-state index is 0.0138. The van der Waals surface area contributed by atoms with E-state index in [2.05, 4.69) is 0 Å². The summed E-state index contributed by atoms with van der Waals surface area (Å²) in [5.41, 5.74) is -2.18. The predicted molar refractivity (Wildman–Crippen MR) is 234 cm³/mol. The van der Waals surface area contributed by atoms with Crippen molar-refractivity contribution < 1.29 is 61.5 Å². The number of carbonyl (C=O) groups is 5. The minimum Gasteiger partial charge on any atom is -0.458 e. The van der Waals surface area contributed by atoms with E-state index < -0.39 is 95.1 Å². The Labute approximate surface area is 376 Å². The third kappa shape index (κ3) is 9.72. The molecule has 0 aromatic heterocycles. The molecular weight excluding hydrogens is 830 g/mol. The molecule has 4 aliphatic heterocycles. The van der Waals surface area contributed by atoms with Crippen LogP contribution >= 0.6 is 0 Å². The average Bonchev–Trinajstić information content (AvgIpc) is 3.56. The van der Waals surface area contributed by atoms with Gasteiger partial charge in [0, 0.05) is 38.0 Å². The summed E-state index contributed by atoms with van der Waals surface area (Å²) < 4.78 is 59.5. The zero-order valence-corrected chi connectivity index (χ0v) is 39.0. The van der Waals surface area contributed by atoms with Gasteiger partial charge in [-0.3, -0.25) is 19.3 Å².